The fourth-order valence-electron chi connectivity index (χ4n) is 2.19. The summed E-state index contributed by atoms with van der Waals surface area (Å²) in [6.07, 6.45) is 0.205. The summed E-state index contributed by atoms with van der Waals surface area (Å²) in [7, 11) is 0. The van der Waals surface area contributed by atoms with E-state index in [4.69, 9.17) is 5.73 Å². The van der Waals surface area contributed by atoms with E-state index in [-0.39, 0.29) is 12.1 Å². The van der Waals surface area contributed by atoms with Gasteiger partial charge in [-0.3, -0.25) is 19.7 Å². The highest BCUT2D eigenvalue weighted by Gasteiger charge is 2.37. The number of hydrogen-bond acceptors (Lipinski definition) is 4. The third kappa shape index (κ3) is 2.56. The third-order valence-corrected chi connectivity index (χ3v) is 3.24. The highest BCUT2D eigenvalue weighted by atomic mass is 19.1. The SMILES string of the molecule is CCC1C(=O)NC(=O)CN1C(=O)c1c(F)ccc(N)c1F. The molecule has 112 valence electrons. The standard InChI is InChI=1S/C13H13F2N3O3/c1-2-8-12(20)17-9(19)5-18(8)13(21)10-6(14)3-4-7(16)11(10)15/h3-4,8H,2,5,16H2,1H3,(H,17,19,20). The molecule has 1 aromatic carbocycles. The molecule has 0 aromatic heterocycles. The van der Waals surface area contributed by atoms with Crippen LogP contribution in [0.25, 0.3) is 0 Å². The Hall–Kier alpha value is -2.51. The van der Waals surface area contributed by atoms with E-state index >= 15 is 0 Å². The third-order valence-electron chi connectivity index (χ3n) is 3.24. The van der Waals surface area contributed by atoms with Crippen LogP contribution in [0.2, 0.25) is 0 Å². The van der Waals surface area contributed by atoms with Gasteiger partial charge < -0.3 is 10.6 Å². The lowest BCUT2D eigenvalue weighted by Crippen LogP contribution is -2.59. The minimum absolute atomic E-state index is 0.205. The molecule has 3 N–H and O–H groups in total. The second-order valence-corrected chi connectivity index (χ2v) is 4.60. The number of anilines is 1. The van der Waals surface area contributed by atoms with Gasteiger partial charge in [-0.25, -0.2) is 8.78 Å². The van der Waals surface area contributed by atoms with Crippen LogP contribution < -0.4 is 11.1 Å². The van der Waals surface area contributed by atoms with Crippen molar-refractivity contribution in [2.75, 3.05) is 12.3 Å². The van der Waals surface area contributed by atoms with E-state index in [0.717, 1.165) is 17.0 Å². The van der Waals surface area contributed by atoms with Gasteiger partial charge in [-0.1, -0.05) is 6.92 Å². The van der Waals surface area contributed by atoms with E-state index in [9.17, 15) is 23.2 Å². The maximum Gasteiger partial charge on any atom is 0.261 e. The largest absolute Gasteiger partial charge is 0.396 e. The second kappa shape index (κ2) is 5.47. The molecule has 0 spiro atoms. The number of nitrogen functional groups attached to an aromatic ring is 1. The molecule has 0 bridgehead atoms. The van der Waals surface area contributed by atoms with Crippen molar-refractivity contribution >= 4 is 23.4 Å². The van der Waals surface area contributed by atoms with Crippen molar-refractivity contribution in [3.8, 4) is 0 Å². The monoisotopic (exact) mass is 297 g/mol. The Morgan fingerprint density at radius 3 is 2.71 bits per heavy atom. The number of benzene rings is 1. The molecule has 0 saturated carbocycles. The van der Waals surface area contributed by atoms with Gasteiger partial charge in [0.15, 0.2) is 5.82 Å². The lowest BCUT2D eigenvalue weighted by molar-refractivity contribution is -0.138. The summed E-state index contributed by atoms with van der Waals surface area (Å²) in [5.41, 5.74) is 4.07. The van der Waals surface area contributed by atoms with Crippen LogP contribution >= 0.6 is 0 Å². The molecule has 8 heteroatoms. The Labute approximate surface area is 118 Å². The first-order valence-electron chi connectivity index (χ1n) is 6.25. The van der Waals surface area contributed by atoms with Gasteiger partial charge >= 0.3 is 0 Å². The second-order valence-electron chi connectivity index (χ2n) is 4.60. The predicted octanol–water partition coefficient (Wildman–Crippen LogP) is 0.424. The number of rotatable bonds is 2. The van der Waals surface area contributed by atoms with E-state index < -0.39 is 47.5 Å². The Morgan fingerprint density at radius 2 is 2.10 bits per heavy atom. The van der Waals surface area contributed by atoms with Gasteiger partial charge in [0.1, 0.15) is 24.0 Å². The molecule has 1 aliphatic heterocycles. The molecule has 0 aliphatic carbocycles. The first kappa shape index (κ1) is 14.9. The van der Waals surface area contributed by atoms with E-state index in [1.54, 1.807) is 6.92 Å². The Bertz CT molecular complexity index is 633. The first-order valence-corrected chi connectivity index (χ1v) is 6.25. The van der Waals surface area contributed by atoms with Crippen LogP contribution in [0.1, 0.15) is 23.7 Å². The highest BCUT2D eigenvalue weighted by molar-refractivity contribution is 6.07. The number of amides is 3. The summed E-state index contributed by atoms with van der Waals surface area (Å²) in [5, 5.41) is 2.07. The molecule has 0 radical (unpaired) electrons. The minimum atomic E-state index is -1.20. The smallest absolute Gasteiger partial charge is 0.261 e. The van der Waals surface area contributed by atoms with E-state index in [2.05, 4.69) is 5.32 Å². The zero-order valence-electron chi connectivity index (χ0n) is 11.2. The normalized spacial score (nSPS) is 18.6. The number of piperazine rings is 1. The van der Waals surface area contributed by atoms with Crippen LogP contribution in [0.3, 0.4) is 0 Å². The molecule has 6 nitrogen and oxygen atoms in total. The zero-order chi connectivity index (χ0) is 15.7. The molecular weight excluding hydrogens is 284 g/mol. The summed E-state index contributed by atoms with van der Waals surface area (Å²) in [5.74, 6) is -4.75. The highest BCUT2D eigenvalue weighted by Crippen LogP contribution is 2.22. The van der Waals surface area contributed by atoms with Gasteiger partial charge in [0.2, 0.25) is 11.8 Å². The molecule has 1 aromatic rings. The van der Waals surface area contributed by atoms with Crippen molar-refractivity contribution in [3.63, 3.8) is 0 Å². The fraction of sp³-hybridized carbons (Fsp3) is 0.308. The van der Waals surface area contributed by atoms with Crippen molar-refractivity contribution in [2.24, 2.45) is 0 Å². The lowest BCUT2D eigenvalue weighted by atomic mass is 10.1. The van der Waals surface area contributed by atoms with Gasteiger partial charge in [0.25, 0.3) is 5.91 Å². The first-order chi connectivity index (χ1) is 9.86. The fourth-order valence-corrected chi connectivity index (χ4v) is 2.19. The van der Waals surface area contributed by atoms with E-state index in [0.29, 0.717) is 0 Å². The molecule has 2 rings (SSSR count). The molecule has 1 atom stereocenters. The summed E-state index contributed by atoms with van der Waals surface area (Å²) >= 11 is 0. The van der Waals surface area contributed by atoms with Crippen molar-refractivity contribution in [1.29, 1.82) is 0 Å². The topological polar surface area (TPSA) is 92.5 Å². The van der Waals surface area contributed by atoms with Gasteiger partial charge in [-0.15, -0.1) is 0 Å². The molecule has 21 heavy (non-hydrogen) atoms. The molecule has 1 fully saturated rings. The number of imide groups is 1. The summed E-state index contributed by atoms with van der Waals surface area (Å²) in [6, 6.07) is 0.890. The van der Waals surface area contributed by atoms with Crippen molar-refractivity contribution in [3.05, 3.63) is 29.3 Å². The number of halogens is 2. The Kier molecular flexibility index (Phi) is 3.88. The number of nitrogens with zero attached hydrogens (tertiary/aromatic N) is 1. The number of carbonyl (C=O) groups excluding carboxylic acids is 3. The molecule has 1 heterocycles. The van der Waals surface area contributed by atoms with Crippen LogP contribution in [0.5, 0.6) is 0 Å². The number of carbonyl (C=O) groups is 3. The van der Waals surface area contributed by atoms with Crippen LogP contribution in [0.4, 0.5) is 14.5 Å². The average Bonchev–Trinajstić information content (AvgIpc) is 2.42. The van der Waals surface area contributed by atoms with Crippen LogP contribution in [-0.4, -0.2) is 35.2 Å². The molecular formula is C13H13F2N3O3. The Balaban J connectivity index is 2.45. The minimum Gasteiger partial charge on any atom is -0.396 e. The summed E-state index contributed by atoms with van der Waals surface area (Å²) < 4.78 is 27.6. The Morgan fingerprint density at radius 1 is 1.43 bits per heavy atom. The lowest BCUT2D eigenvalue weighted by Gasteiger charge is -2.33. The predicted molar refractivity (Wildman–Crippen MR) is 69.0 cm³/mol. The molecule has 1 unspecified atom stereocenters. The van der Waals surface area contributed by atoms with Crippen molar-refractivity contribution < 1.29 is 23.2 Å². The number of hydrogen-bond donors (Lipinski definition) is 2. The molecule has 1 aliphatic rings. The van der Waals surface area contributed by atoms with Gasteiger partial charge in [0.05, 0.1) is 5.69 Å². The summed E-state index contributed by atoms with van der Waals surface area (Å²) in [6.45, 7) is 1.17. The molecule has 1 saturated heterocycles. The van der Waals surface area contributed by atoms with Gasteiger partial charge in [-0.05, 0) is 18.6 Å². The van der Waals surface area contributed by atoms with Crippen LogP contribution in [-0.2, 0) is 9.59 Å². The van der Waals surface area contributed by atoms with Crippen molar-refractivity contribution in [2.45, 2.75) is 19.4 Å². The van der Waals surface area contributed by atoms with Gasteiger partial charge in [0, 0.05) is 0 Å². The average molecular weight is 297 g/mol. The van der Waals surface area contributed by atoms with E-state index in [1.165, 1.54) is 0 Å². The van der Waals surface area contributed by atoms with Crippen molar-refractivity contribution in [1.82, 2.24) is 10.2 Å². The van der Waals surface area contributed by atoms with Crippen LogP contribution in [0, 0.1) is 11.6 Å². The number of nitrogens with one attached hydrogen (secondary N) is 1. The van der Waals surface area contributed by atoms with Gasteiger partial charge in [-0.2, -0.15) is 0 Å². The van der Waals surface area contributed by atoms with E-state index in [1.807, 2.05) is 0 Å². The quantitative estimate of drug-likeness (QED) is 0.611. The molecule has 3 amide bonds. The maximum absolute atomic E-state index is 13.9. The summed E-state index contributed by atoms with van der Waals surface area (Å²) in [4.78, 5) is 36.2. The van der Waals surface area contributed by atoms with Crippen LogP contribution in [0.15, 0.2) is 12.1 Å². The zero-order valence-corrected chi connectivity index (χ0v) is 11.2. The maximum atomic E-state index is 13.9. The number of nitrogens with two attached hydrogens (primary N) is 1.